The van der Waals surface area contributed by atoms with Crippen molar-refractivity contribution in [2.45, 2.75) is 26.4 Å². The average molecular weight is 465 g/mol. The molecule has 1 heterocycles. The summed E-state index contributed by atoms with van der Waals surface area (Å²) in [6.45, 7) is 9.41. The van der Waals surface area contributed by atoms with Crippen LogP contribution in [0.15, 0.2) is 66.7 Å². The Kier molecular flexibility index (Phi) is 7.79. The number of para-hydroxylation sites is 1. The van der Waals surface area contributed by atoms with E-state index >= 15 is 0 Å². The van der Waals surface area contributed by atoms with Crippen LogP contribution in [-0.2, 0) is 0 Å². The first-order chi connectivity index (χ1) is 16.0. The SMILES string of the molecule is COc1ccc([C@H](CCN2CCN(c3ccccc3C)CC2)Oc2cc(C)ccc2Cl)cc1. The molecule has 0 aliphatic carbocycles. The Morgan fingerprint density at radius 1 is 0.909 bits per heavy atom. The number of nitrogens with zero attached hydrogens (tertiary/aromatic N) is 2. The average Bonchev–Trinajstić information content (AvgIpc) is 2.84. The van der Waals surface area contributed by atoms with Crippen molar-refractivity contribution in [1.82, 2.24) is 4.90 Å². The summed E-state index contributed by atoms with van der Waals surface area (Å²) in [7, 11) is 1.69. The van der Waals surface area contributed by atoms with Gasteiger partial charge in [-0.05, 0) is 60.9 Å². The topological polar surface area (TPSA) is 24.9 Å². The first-order valence-electron chi connectivity index (χ1n) is 11.6. The summed E-state index contributed by atoms with van der Waals surface area (Å²) >= 11 is 6.45. The van der Waals surface area contributed by atoms with Gasteiger partial charge in [0.2, 0.25) is 0 Å². The summed E-state index contributed by atoms with van der Waals surface area (Å²) in [5, 5.41) is 0.644. The third kappa shape index (κ3) is 6.01. The molecule has 1 atom stereocenters. The zero-order valence-electron chi connectivity index (χ0n) is 19.8. The summed E-state index contributed by atoms with van der Waals surface area (Å²) in [4.78, 5) is 5.03. The van der Waals surface area contributed by atoms with Gasteiger partial charge in [0.15, 0.2) is 0 Å². The Hall–Kier alpha value is -2.69. The second kappa shape index (κ2) is 11.0. The van der Waals surface area contributed by atoms with Crippen LogP contribution in [0.2, 0.25) is 5.02 Å². The molecule has 0 unspecified atom stereocenters. The van der Waals surface area contributed by atoms with E-state index in [1.807, 2.05) is 30.3 Å². The number of benzene rings is 3. The minimum Gasteiger partial charge on any atom is -0.497 e. The lowest BCUT2D eigenvalue weighted by molar-refractivity contribution is 0.160. The quantitative estimate of drug-likeness (QED) is 0.390. The molecule has 4 rings (SSSR count). The van der Waals surface area contributed by atoms with Gasteiger partial charge >= 0.3 is 0 Å². The predicted molar refractivity (Wildman–Crippen MR) is 137 cm³/mol. The van der Waals surface area contributed by atoms with Crippen molar-refractivity contribution in [3.8, 4) is 11.5 Å². The normalized spacial score (nSPS) is 15.3. The molecule has 1 saturated heterocycles. The van der Waals surface area contributed by atoms with Crippen LogP contribution in [0.4, 0.5) is 5.69 Å². The molecule has 3 aromatic rings. The number of ether oxygens (including phenoxy) is 2. The van der Waals surface area contributed by atoms with Crippen LogP contribution in [0.3, 0.4) is 0 Å². The van der Waals surface area contributed by atoms with Crippen LogP contribution in [0.5, 0.6) is 11.5 Å². The van der Waals surface area contributed by atoms with E-state index in [1.165, 1.54) is 11.3 Å². The molecule has 1 aliphatic heterocycles. The van der Waals surface area contributed by atoms with Crippen LogP contribution in [-0.4, -0.2) is 44.7 Å². The molecule has 1 fully saturated rings. The van der Waals surface area contributed by atoms with Crippen molar-refractivity contribution in [2.75, 3.05) is 44.7 Å². The number of methoxy groups -OCH3 is 1. The van der Waals surface area contributed by atoms with Crippen molar-refractivity contribution in [2.24, 2.45) is 0 Å². The molecule has 4 nitrogen and oxygen atoms in total. The third-order valence-corrected chi connectivity index (χ3v) is 6.69. The maximum Gasteiger partial charge on any atom is 0.139 e. The molecular formula is C28H33ClN2O2. The summed E-state index contributed by atoms with van der Waals surface area (Å²) in [6, 6.07) is 22.7. The zero-order chi connectivity index (χ0) is 23.2. The maximum atomic E-state index is 6.47. The first-order valence-corrected chi connectivity index (χ1v) is 12.0. The molecule has 5 heteroatoms. The number of halogens is 1. The predicted octanol–water partition coefficient (Wildman–Crippen LogP) is 6.30. The molecular weight excluding hydrogens is 432 g/mol. The highest BCUT2D eigenvalue weighted by Gasteiger charge is 2.21. The molecule has 3 aromatic carbocycles. The molecule has 1 aliphatic rings. The smallest absolute Gasteiger partial charge is 0.139 e. The number of rotatable bonds is 8. The second-order valence-corrected chi connectivity index (χ2v) is 9.12. The van der Waals surface area contributed by atoms with Crippen molar-refractivity contribution in [3.05, 3.63) is 88.4 Å². The van der Waals surface area contributed by atoms with Crippen LogP contribution in [0, 0.1) is 13.8 Å². The lowest BCUT2D eigenvalue weighted by Gasteiger charge is -2.37. The van der Waals surface area contributed by atoms with Crippen molar-refractivity contribution >= 4 is 17.3 Å². The highest BCUT2D eigenvalue weighted by atomic mass is 35.5. The van der Waals surface area contributed by atoms with Crippen LogP contribution < -0.4 is 14.4 Å². The van der Waals surface area contributed by atoms with Crippen molar-refractivity contribution in [3.63, 3.8) is 0 Å². The summed E-state index contributed by atoms with van der Waals surface area (Å²) in [6.07, 6.45) is 0.811. The number of anilines is 1. The summed E-state index contributed by atoms with van der Waals surface area (Å²) < 4.78 is 11.8. The van der Waals surface area contributed by atoms with Crippen LogP contribution in [0.25, 0.3) is 0 Å². The lowest BCUT2D eigenvalue weighted by Crippen LogP contribution is -2.47. The molecule has 0 saturated carbocycles. The Morgan fingerprint density at radius 2 is 1.64 bits per heavy atom. The van der Waals surface area contributed by atoms with E-state index in [1.54, 1.807) is 7.11 Å². The molecule has 0 radical (unpaired) electrons. The molecule has 0 bridgehead atoms. The number of piperazine rings is 1. The van der Waals surface area contributed by atoms with Gasteiger partial charge in [-0.2, -0.15) is 0 Å². The monoisotopic (exact) mass is 464 g/mol. The minimum absolute atomic E-state index is 0.0791. The van der Waals surface area contributed by atoms with Crippen molar-refractivity contribution < 1.29 is 9.47 Å². The van der Waals surface area contributed by atoms with Gasteiger partial charge in [-0.25, -0.2) is 0 Å². The van der Waals surface area contributed by atoms with E-state index < -0.39 is 0 Å². The van der Waals surface area contributed by atoms with Gasteiger partial charge in [0, 0.05) is 44.8 Å². The van der Waals surface area contributed by atoms with Gasteiger partial charge < -0.3 is 14.4 Å². The number of hydrogen-bond donors (Lipinski definition) is 0. The van der Waals surface area contributed by atoms with E-state index in [2.05, 4.69) is 60.0 Å². The van der Waals surface area contributed by atoms with Crippen LogP contribution >= 0.6 is 11.6 Å². The van der Waals surface area contributed by atoms with Gasteiger partial charge in [-0.3, -0.25) is 4.90 Å². The van der Waals surface area contributed by atoms with Gasteiger partial charge in [0.25, 0.3) is 0 Å². The molecule has 0 aromatic heterocycles. The fourth-order valence-corrected chi connectivity index (χ4v) is 4.56. The van der Waals surface area contributed by atoms with Gasteiger partial charge in [-0.15, -0.1) is 0 Å². The van der Waals surface area contributed by atoms with E-state index in [9.17, 15) is 0 Å². The van der Waals surface area contributed by atoms with E-state index in [0.29, 0.717) is 5.02 Å². The molecule has 0 amide bonds. The fourth-order valence-electron chi connectivity index (χ4n) is 4.40. The third-order valence-electron chi connectivity index (χ3n) is 6.38. The lowest BCUT2D eigenvalue weighted by atomic mass is 10.1. The first kappa shape index (κ1) is 23.5. The fraction of sp³-hybridized carbons (Fsp3) is 0.357. The summed E-state index contributed by atoms with van der Waals surface area (Å²) in [5.74, 6) is 1.58. The second-order valence-electron chi connectivity index (χ2n) is 8.72. The standard InChI is InChI=1S/C28H33ClN2O2/c1-21-8-13-25(29)28(20-21)33-27(23-9-11-24(32-3)12-10-23)14-15-30-16-18-31(19-17-30)26-7-5-4-6-22(26)2/h4-13,20,27H,14-19H2,1-3H3/t27-/m0/s1. The van der Waals surface area contributed by atoms with Gasteiger partial charge in [0.1, 0.15) is 17.6 Å². The van der Waals surface area contributed by atoms with E-state index in [-0.39, 0.29) is 6.10 Å². The Labute approximate surface area is 202 Å². The largest absolute Gasteiger partial charge is 0.497 e. The summed E-state index contributed by atoms with van der Waals surface area (Å²) in [5.41, 5.74) is 4.96. The van der Waals surface area contributed by atoms with E-state index in [4.69, 9.17) is 21.1 Å². The number of hydrogen-bond acceptors (Lipinski definition) is 4. The van der Waals surface area contributed by atoms with Gasteiger partial charge in [-0.1, -0.05) is 48.0 Å². The van der Waals surface area contributed by atoms with Gasteiger partial charge in [0.05, 0.1) is 12.1 Å². The molecule has 0 spiro atoms. The van der Waals surface area contributed by atoms with Crippen molar-refractivity contribution in [1.29, 1.82) is 0 Å². The number of aryl methyl sites for hydroxylation is 2. The highest BCUT2D eigenvalue weighted by molar-refractivity contribution is 6.32. The Morgan fingerprint density at radius 3 is 2.33 bits per heavy atom. The Balaban J connectivity index is 1.42. The minimum atomic E-state index is -0.0791. The molecule has 33 heavy (non-hydrogen) atoms. The molecule has 0 N–H and O–H groups in total. The van der Waals surface area contributed by atoms with Crippen LogP contribution in [0.1, 0.15) is 29.2 Å². The highest BCUT2D eigenvalue weighted by Crippen LogP contribution is 2.32. The Bertz CT molecular complexity index is 1050. The van der Waals surface area contributed by atoms with E-state index in [0.717, 1.165) is 61.8 Å². The zero-order valence-corrected chi connectivity index (χ0v) is 20.5. The maximum absolute atomic E-state index is 6.47. The molecule has 174 valence electrons.